The molecule has 10 heteroatoms. The summed E-state index contributed by atoms with van der Waals surface area (Å²) in [5.41, 5.74) is 0.189. The van der Waals surface area contributed by atoms with Gasteiger partial charge in [0.2, 0.25) is 0 Å². The molecule has 210 valence electrons. The van der Waals surface area contributed by atoms with E-state index >= 15 is 0 Å². The number of hydrogen-bond acceptors (Lipinski definition) is 6. The topological polar surface area (TPSA) is 87.6 Å². The molecule has 0 saturated carbocycles. The minimum atomic E-state index is -4.44. The predicted molar refractivity (Wildman–Crippen MR) is 143 cm³/mol. The van der Waals surface area contributed by atoms with Gasteiger partial charge in [-0.05, 0) is 89.3 Å². The molecule has 0 bridgehead atoms. The predicted octanol–water partition coefficient (Wildman–Crippen LogP) is 6.66. The summed E-state index contributed by atoms with van der Waals surface area (Å²) in [6.07, 6.45) is -4.19. The summed E-state index contributed by atoms with van der Waals surface area (Å²) in [7, 11) is 0. The zero-order chi connectivity index (χ0) is 28.8. The molecule has 1 atom stereocenters. The van der Waals surface area contributed by atoms with E-state index in [0.29, 0.717) is 59.6 Å². The minimum absolute atomic E-state index is 0.327. The van der Waals surface area contributed by atoms with Crippen LogP contribution in [0, 0.1) is 13.8 Å². The average molecular weight is 545 g/mol. The van der Waals surface area contributed by atoms with Crippen LogP contribution >= 0.6 is 0 Å². The van der Waals surface area contributed by atoms with E-state index in [2.05, 4.69) is 15.3 Å². The number of benzene rings is 2. The van der Waals surface area contributed by atoms with Gasteiger partial charge in [0, 0.05) is 24.5 Å². The van der Waals surface area contributed by atoms with Crippen molar-refractivity contribution in [2.45, 2.75) is 77.8 Å². The van der Waals surface area contributed by atoms with Gasteiger partial charge in [-0.1, -0.05) is 18.2 Å². The molecule has 7 nitrogen and oxygen atoms in total. The molecular weight excluding hydrogens is 509 g/mol. The number of carbonyl (C=O) groups is 1. The van der Waals surface area contributed by atoms with Crippen molar-refractivity contribution in [3.8, 4) is 0 Å². The number of piperidine rings is 1. The molecule has 2 heterocycles. The highest BCUT2D eigenvalue weighted by Crippen LogP contribution is 2.38. The third kappa shape index (κ3) is 6.43. The summed E-state index contributed by atoms with van der Waals surface area (Å²) in [4.78, 5) is 23.2. The van der Waals surface area contributed by atoms with Crippen LogP contribution in [0.2, 0.25) is 0 Å². The van der Waals surface area contributed by atoms with Crippen LogP contribution in [0.15, 0.2) is 36.4 Å². The lowest BCUT2D eigenvalue weighted by Crippen LogP contribution is -2.46. The molecule has 0 radical (unpaired) electrons. The highest BCUT2D eigenvalue weighted by Gasteiger charge is 2.37. The van der Waals surface area contributed by atoms with Gasteiger partial charge in [0.05, 0.1) is 16.7 Å². The number of hydrogen-bond donors (Lipinski definition) is 2. The number of likely N-dealkylation sites (tertiary alicyclic amines) is 1. The fraction of sp³-hybridized carbons (Fsp3) is 0.483. The maximum atomic E-state index is 13.3. The van der Waals surface area contributed by atoms with Gasteiger partial charge < -0.3 is 20.1 Å². The van der Waals surface area contributed by atoms with Crippen LogP contribution < -0.4 is 5.32 Å². The maximum absolute atomic E-state index is 13.3. The molecular formula is C29H35F3N4O3. The first-order valence-corrected chi connectivity index (χ1v) is 13.0. The van der Waals surface area contributed by atoms with Gasteiger partial charge in [-0.25, -0.2) is 14.8 Å². The van der Waals surface area contributed by atoms with E-state index in [9.17, 15) is 23.1 Å². The quantitative estimate of drug-likeness (QED) is 0.382. The van der Waals surface area contributed by atoms with E-state index in [0.717, 1.165) is 17.7 Å². The fourth-order valence-electron chi connectivity index (χ4n) is 4.84. The minimum Gasteiger partial charge on any atom is -0.444 e. The van der Waals surface area contributed by atoms with E-state index in [-0.39, 0.29) is 0 Å². The third-order valence-electron chi connectivity index (χ3n) is 6.95. The molecule has 4 rings (SSSR count). The highest BCUT2D eigenvalue weighted by molar-refractivity contribution is 5.92. The summed E-state index contributed by atoms with van der Waals surface area (Å²) in [5, 5.41) is 15.6. The molecule has 2 N–H and O–H groups in total. The SMILES string of the molecule is Cc1nc(N[C@H](C)c2cccc(C(F)(F)F)c2)c2cc(C3(O)CCN(C(=O)OC(C)(C)C)CC3)cc(C)c2n1. The first kappa shape index (κ1) is 28.6. The third-order valence-corrected chi connectivity index (χ3v) is 6.95. The lowest BCUT2D eigenvalue weighted by atomic mass is 9.83. The van der Waals surface area contributed by atoms with Crippen molar-refractivity contribution in [3.63, 3.8) is 0 Å². The van der Waals surface area contributed by atoms with Gasteiger partial charge in [-0.3, -0.25) is 0 Å². The summed E-state index contributed by atoms with van der Waals surface area (Å²) in [6.45, 7) is 11.5. The Kier molecular flexibility index (Phi) is 7.55. The molecule has 1 aliphatic rings. The number of aryl methyl sites for hydroxylation is 2. The van der Waals surface area contributed by atoms with Crippen molar-refractivity contribution in [2.75, 3.05) is 18.4 Å². The van der Waals surface area contributed by atoms with E-state index < -0.39 is 35.1 Å². The van der Waals surface area contributed by atoms with Crippen molar-refractivity contribution in [2.24, 2.45) is 0 Å². The Morgan fingerprint density at radius 2 is 1.77 bits per heavy atom. The molecule has 0 spiro atoms. The number of aromatic nitrogens is 2. The van der Waals surface area contributed by atoms with Crippen molar-refractivity contribution in [1.29, 1.82) is 0 Å². The molecule has 0 unspecified atom stereocenters. The average Bonchev–Trinajstić information content (AvgIpc) is 2.83. The zero-order valence-corrected chi connectivity index (χ0v) is 23.1. The number of nitrogens with one attached hydrogen (secondary N) is 1. The maximum Gasteiger partial charge on any atom is 0.416 e. The Balaban J connectivity index is 1.63. The number of rotatable bonds is 4. The Hall–Kier alpha value is -3.40. The molecule has 0 aliphatic carbocycles. The Bertz CT molecular complexity index is 1380. The normalized spacial score (nSPS) is 16.7. The van der Waals surface area contributed by atoms with Crippen LogP contribution in [0.3, 0.4) is 0 Å². The number of nitrogens with zero attached hydrogens (tertiary/aromatic N) is 3. The van der Waals surface area contributed by atoms with Gasteiger partial charge in [-0.2, -0.15) is 13.2 Å². The van der Waals surface area contributed by atoms with Crippen LogP contribution in [0.5, 0.6) is 0 Å². The summed E-state index contributed by atoms with van der Waals surface area (Å²) in [6, 6.07) is 8.47. The largest absolute Gasteiger partial charge is 0.444 e. The Morgan fingerprint density at radius 1 is 1.10 bits per heavy atom. The van der Waals surface area contributed by atoms with E-state index in [1.54, 1.807) is 24.8 Å². The molecule has 1 fully saturated rings. The molecule has 1 aliphatic heterocycles. The second kappa shape index (κ2) is 10.3. The van der Waals surface area contributed by atoms with Crippen LogP contribution in [0.1, 0.15) is 74.7 Å². The lowest BCUT2D eigenvalue weighted by Gasteiger charge is -2.39. The van der Waals surface area contributed by atoms with Crippen LogP contribution in [0.4, 0.5) is 23.8 Å². The van der Waals surface area contributed by atoms with Crippen LogP contribution in [-0.4, -0.2) is 44.8 Å². The van der Waals surface area contributed by atoms with Gasteiger partial charge in [0.25, 0.3) is 0 Å². The summed E-state index contributed by atoms with van der Waals surface area (Å²) in [5.74, 6) is 0.989. The first-order chi connectivity index (χ1) is 18.1. The van der Waals surface area contributed by atoms with E-state index in [1.165, 1.54) is 6.07 Å². The fourth-order valence-corrected chi connectivity index (χ4v) is 4.84. The van der Waals surface area contributed by atoms with Crippen molar-refractivity contribution < 1.29 is 27.8 Å². The van der Waals surface area contributed by atoms with E-state index in [1.807, 2.05) is 39.8 Å². The summed E-state index contributed by atoms with van der Waals surface area (Å²) < 4.78 is 45.3. The molecule has 1 aromatic heterocycles. The Labute approximate surface area is 226 Å². The second-order valence-electron chi connectivity index (χ2n) is 11.3. The van der Waals surface area contributed by atoms with Gasteiger partial charge in [-0.15, -0.1) is 0 Å². The highest BCUT2D eigenvalue weighted by atomic mass is 19.4. The van der Waals surface area contributed by atoms with Gasteiger partial charge in [0.15, 0.2) is 0 Å². The van der Waals surface area contributed by atoms with Gasteiger partial charge >= 0.3 is 12.3 Å². The number of fused-ring (bicyclic) bond motifs is 1. The zero-order valence-electron chi connectivity index (χ0n) is 23.1. The number of halogens is 3. The molecule has 3 aromatic rings. The second-order valence-corrected chi connectivity index (χ2v) is 11.3. The molecule has 2 aromatic carbocycles. The number of ether oxygens (including phenoxy) is 1. The number of carbonyl (C=O) groups excluding carboxylic acids is 1. The van der Waals surface area contributed by atoms with Crippen molar-refractivity contribution in [1.82, 2.24) is 14.9 Å². The van der Waals surface area contributed by atoms with E-state index in [4.69, 9.17) is 4.74 Å². The molecule has 1 saturated heterocycles. The number of anilines is 1. The monoisotopic (exact) mass is 544 g/mol. The first-order valence-electron chi connectivity index (χ1n) is 13.0. The number of aliphatic hydroxyl groups is 1. The van der Waals surface area contributed by atoms with Crippen molar-refractivity contribution in [3.05, 3.63) is 64.5 Å². The van der Waals surface area contributed by atoms with Crippen molar-refractivity contribution >= 4 is 22.8 Å². The van der Waals surface area contributed by atoms with Gasteiger partial charge in [0.1, 0.15) is 17.2 Å². The number of alkyl halides is 3. The molecule has 39 heavy (non-hydrogen) atoms. The Morgan fingerprint density at radius 3 is 2.38 bits per heavy atom. The van der Waals surface area contributed by atoms with Crippen LogP contribution in [0.25, 0.3) is 10.9 Å². The smallest absolute Gasteiger partial charge is 0.416 e. The standard InChI is InChI=1S/C29H35F3N4O3/c1-17-14-22(28(38)10-12-36(13-11-28)26(37)39-27(4,5)6)16-23-24(17)34-19(3)35-25(23)33-18(2)20-8-7-9-21(15-20)29(30,31)32/h7-9,14-16,18,38H,10-13H2,1-6H3,(H,33,34,35)/t18-/m1/s1. The number of amides is 1. The van der Waals surface area contributed by atoms with Crippen LogP contribution in [-0.2, 0) is 16.5 Å². The summed E-state index contributed by atoms with van der Waals surface area (Å²) >= 11 is 0. The molecule has 1 amide bonds. The lowest BCUT2D eigenvalue weighted by molar-refractivity contribution is -0.137.